The van der Waals surface area contributed by atoms with Gasteiger partial charge in [-0.25, -0.2) is 9.18 Å². The molecule has 0 aliphatic carbocycles. The molecule has 1 amide bonds. The van der Waals surface area contributed by atoms with Crippen molar-refractivity contribution in [3.8, 4) is 0 Å². The van der Waals surface area contributed by atoms with Crippen LogP contribution < -0.4 is 0 Å². The first-order valence-electron chi connectivity index (χ1n) is 6.49. The summed E-state index contributed by atoms with van der Waals surface area (Å²) in [5, 5.41) is 9.25. The van der Waals surface area contributed by atoms with Crippen LogP contribution in [0.1, 0.15) is 36.0 Å². The largest absolute Gasteiger partial charge is 0.480 e. The SMILES string of the molecule is O=C(O)C1CCCCCN1C(=O)c1ccc(Br)cc1F. The number of carbonyl (C=O) groups excluding carboxylic acids is 1. The number of amides is 1. The van der Waals surface area contributed by atoms with Crippen molar-refractivity contribution in [2.45, 2.75) is 31.7 Å². The molecule has 4 nitrogen and oxygen atoms in total. The van der Waals surface area contributed by atoms with E-state index in [9.17, 15) is 19.1 Å². The number of nitrogens with zero attached hydrogens (tertiary/aromatic N) is 1. The maximum absolute atomic E-state index is 13.9. The van der Waals surface area contributed by atoms with Crippen LogP contribution in [0.2, 0.25) is 0 Å². The fourth-order valence-corrected chi connectivity index (χ4v) is 2.76. The number of hydrogen-bond acceptors (Lipinski definition) is 2. The molecular weight excluding hydrogens is 329 g/mol. The Morgan fingerprint density at radius 1 is 1.30 bits per heavy atom. The van der Waals surface area contributed by atoms with Crippen molar-refractivity contribution in [1.82, 2.24) is 4.90 Å². The van der Waals surface area contributed by atoms with Crippen molar-refractivity contribution in [3.63, 3.8) is 0 Å². The third-order valence-corrected chi connectivity index (χ3v) is 3.95. The topological polar surface area (TPSA) is 57.6 Å². The number of benzene rings is 1. The Morgan fingerprint density at radius 2 is 2.05 bits per heavy atom. The summed E-state index contributed by atoms with van der Waals surface area (Å²) in [6, 6.07) is 3.30. The summed E-state index contributed by atoms with van der Waals surface area (Å²) in [5.74, 6) is -2.22. The zero-order valence-electron chi connectivity index (χ0n) is 10.8. The summed E-state index contributed by atoms with van der Waals surface area (Å²) in [6.45, 7) is 0.352. The highest BCUT2D eigenvalue weighted by atomic mass is 79.9. The van der Waals surface area contributed by atoms with E-state index in [4.69, 9.17) is 0 Å². The monoisotopic (exact) mass is 343 g/mol. The summed E-state index contributed by atoms with van der Waals surface area (Å²) < 4.78 is 14.4. The predicted molar refractivity (Wildman–Crippen MR) is 75.0 cm³/mol. The lowest BCUT2D eigenvalue weighted by Crippen LogP contribution is -2.44. The fourth-order valence-electron chi connectivity index (χ4n) is 2.43. The summed E-state index contributed by atoms with van der Waals surface area (Å²) >= 11 is 3.13. The minimum atomic E-state index is -1.03. The van der Waals surface area contributed by atoms with Gasteiger partial charge >= 0.3 is 5.97 Å². The van der Waals surface area contributed by atoms with Crippen molar-refractivity contribution < 1.29 is 19.1 Å². The van der Waals surface area contributed by atoms with Crippen LogP contribution in [0.4, 0.5) is 4.39 Å². The normalized spacial score (nSPS) is 19.5. The zero-order chi connectivity index (χ0) is 14.7. The molecule has 1 saturated heterocycles. The van der Waals surface area contributed by atoms with Gasteiger partial charge in [0.2, 0.25) is 0 Å². The van der Waals surface area contributed by atoms with E-state index in [0.29, 0.717) is 17.4 Å². The third kappa shape index (κ3) is 3.17. The van der Waals surface area contributed by atoms with Gasteiger partial charge in [0, 0.05) is 11.0 Å². The third-order valence-electron chi connectivity index (χ3n) is 3.46. The van der Waals surface area contributed by atoms with E-state index in [1.54, 1.807) is 6.07 Å². The van der Waals surface area contributed by atoms with Crippen LogP contribution >= 0.6 is 15.9 Å². The maximum Gasteiger partial charge on any atom is 0.326 e. The van der Waals surface area contributed by atoms with Crippen molar-refractivity contribution in [2.75, 3.05) is 6.54 Å². The van der Waals surface area contributed by atoms with Crippen LogP contribution in [0.15, 0.2) is 22.7 Å². The molecule has 2 rings (SSSR count). The first-order valence-corrected chi connectivity index (χ1v) is 7.29. The van der Waals surface area contributed by atoms with E-state index in [-0.39, 0.29) is 5.56 Å². The molecular formula is C14H15BrFNO3. The average Bonchev–Trinajstić information content (AvgIpc) is 2.63. The second kappa shape index (κ2) is 6.35. The molecule has 0 spiro atoms. The van der Waals surface area contributed by atoms with Crippen LogP contribution in [-0.4, -0.2) is 34.5 Å². The van der Waals surface area contributed by atoms with Crippen LogP contribution in [0.3, 0.4) is 0 Å². The molecule has 1 atom stereocenters. The molecule has 1 unspecified atom stereocenters. The first kappa shape index (κ1) is 15.0. The standard InChI is InChI=1S/C14H15BrFNO3/c15-9-5-6-10(11(16)8-9)13(18)17-7-3-1-2-4-12(17)14(19)20/h5-6,8,12H,1-4,7H2,(H,19,20). The van der Waals surface area contributed by atoms with E-state index in [2.05, 4.69) is 15.9 Å². The molecule has 1 N–H and O–H groups in total. The molecule has 1 fully saturated rings. The summed E-state index contributed by atoms with van der Waals surface area (Å²) in [4.78, 5) is 25.0. The molecule has 1 aliphatic rings. The molecule has 108 valence electrons. The van der Waals surface area contributed by atoms with Crippen molar-refractivity contribution >= 4 is 27.8 Å². The number of rotatable bonds is 2. The molecule has 0 saturated carbocycles. The average molecular weight is 344 g/mol. The van der Waals surface area contributed by atoms with Crippen LogP contribution in [0.25, 0.3) is 0 Å². The fraction of sp³-hybridized carbons (Fsp3) is 0.429. The Balaban J connectivity index is 2.31. The van der Waals surface area contributed by atoms with Gasteiger partial charge in [0.1, 0.15) is 11.9 Å². The van der Waals surface area contributed by atoms with Gasteiger partial charge in [0.15, 0.2) is 0 Å². The minimum absolute atomic E-state index is 0.0821. The Labute approximate surface area is 124 Å². The molecule has 1 aromatic rings. The van der Waals surface area contributed by atoms with E-state index >= 15 is 0 Å². The van der Waals surface area contributed by atoms with Gasteiger partial charge in [-0.1, -0.05) is 28.8 Å². The van der Waals surface area contributed by atoms with Crippen molar-refractivity contribution in [2.24, 2.45) is 0 Å². The second-order valence-corrected chi connectivity index (χ2v) is 5.74. The van der Waals surface area contributed by atoms with E-state index in [1.165, 1.54) is 17.0 Å². The zero-order valence-corrected chi connectivity index (χ0v) is 12.4. The number of halogens is 2. The second-order valence-electron chi connectivity index (χ2n) is 4.83. The molecule has 6 heteroatoms. The molecule has 1 aromatic carbocycles. The van der Waals surface area contributed by atoms with E-state index in [1.807, 2.05) is 0 Å². The Bertz CT molecular complexity index is 535. The molecule has 0 radical (unpaired) electrons. The van der Waals surface area contributed by atoms with Crippen LogP contribution in [-0.2, 0) is 4.79 Å². The maximum atomic E-state index is 13.9. The number of likely N-dealkylation sites (tertiary alicyclic amines) is 1. The Morgan fingerprint density at radius 3 is 2.70 bits per heavy atom. The van der Waals surface area contributed by atoms with Gasteiger partial charge in [-0.05, 0) is 31.0 Å². The molecule has 20 heavy (non-hydrogen) atoms. The van der Waals surface area contributed by atoms with E-state index < -0.39 is 23.7 Å². The quantitative estimate of drug-likeness (QED) is 0.897. The highest BCUT2D eigenvalue weighted by Crippen LogP contribution is 2.22. The number of carboxylic acid groups (broad SMARTS) is 1. The van der Waals surface area contributed by atoms with Crippen LogP contribution in [0.5, 0.6) is 0 Å². The predicted octanol–water partition coefficient (Wildman–Crippen LogP) is 3.06. The van der Waals surface area contributed by atoms with Gasteiger partial charge in [-0.15, -0.1) is 0 Å². The lowest BCUT2D eigenvalue weighted by molar-refractivity contribution is -0.142. The highest BCUT2D eigenvalue weighted by molar-refractivity contribution is 9.10. The van der Waals surface area contributed by atoms with Crippen molar-refractivity contribution in [3.05, 3.63) is 34.1 Å². The lowest BCUT2D eigenvalue weighted by atomic mass is 10.1. The van der Waals surface area contributed by atoms with Gasteiger partial charge in [0.25, 0.3) is 5.91 Å². The smallest absolute Gasteiger partial charge is 0.326 e. The molecule has 0 aromatic heterocycles. The minimum Gasteiger partial charge on any atom is -0.480 e. The van der Waals surface area contributed by atoms with Gasteiger partial charge in [-0.3, -0.25) is 4.79 Å². The first-order chi connectivity index (χ1) is 9.50. The Kier molecular flexibility index (Phi) is 4.75. The van der Waals surface area contributed by atoms with Gasteiger partial charge in [0.05, 0.1) is 5.56 Å². The van der Waals surface area contributed by atoms with E-state index in [0.717, 1.165) is 19.3 Å². The molecule has 1 aliphatic heterocycles. The van der Waals surface area contributed by atoms with Crippen LogP contribution in [0, 0.1) is 5.82 Å². The Hall–Kier alpha value is -1.43. The summed E-state index contributed by atoms with van der Waals surface area (Å²) in [6.07, 6.45) is 2.81. The van der Waals surface area contributed by atoms with Gasteiger partial charge in [-0.2, -0.15) is 0 Å². The number of carbonyl (C=O) groups is 2. The molecule has 0 bridgehead atoms. The number of hydrogen-bond donors (Lipinski definition) is 1. The number of carboxylic acids is 1. The lowest BCUT2D eigenvalue weighted by Gasteiger charge is -2.27. The number of aliphatic carboxylic acids is 1. The molecule has 1 heterocycles. The summed E-state index contributed by atoms with van der Waals surface area (Å²) in [7, 11) is 0. The summed E-state index contributed by atoms with van der Waals surface area (Å²) in [5.41, 5.74) is -0.0821. The van der Waals surface area contributed by atoms with Crippen molar-refractivity contribution in [1.29, 1.82) is 0 Å². The highest BCUT2D eigenvalue weighted by Gasteiger charge is 2.32. The van der Waals surface area contributed by atoms with Gasteiger partial charge < -0.3 is 10.0 Å².